The zero-order valence-corrected chi connectivity index (χ0v) is 12.2. The first-order valence-corrected chi connectivity index (χ1v) is 7.17. The summed E-state index contributed by atoms with van der Waals surface area (Å²) < 4.78 is 8.10. The molecule has 4 heterocycles. The second-order valence-electron chi connectivity index (χ2n) is 5.30. The van der Waals surface area contributed by atoms with Gasteiger partial charge in [-0.15, -0.1) is 0 Å². The number of nitrogens with one attached hydrogen (secondary N) is 1. The average molecular weight is 334 g/mol. The molecule has 2 aliphatic rings. The number of halogens is 1. The van der Waals surface area contributed by atoms with E-state index in [1.54, 1.807) is 12.4 Å². The summed E-state index contributed by atoms with van der Waals surface area (Å²) in [5.41, 5.74) is 2.50. The van der Waals surface area contributed by atoms with Gasteiger partial charge in [-0.2, -0.15) is 0 Å². The Bertz CT molecular complexity index is 692. The van der Waals surface area contributed by atoms with Crippen LogP contribution in [-0.2, 0) is 11.3 Å². The Morgan fingerprint density at radius 2 is 2.10 bits per heavy atom. The van der Waals surface area contributed by atoms with Crippen LogP contribution in [0, 0.1) is 0 Å². The van der Waals surface area contributed by atoms with Crippen molar-refractivity contribution in [3.63, 3.8) is 0 Å². The van der Waals surface area contributed by atoms with Crippen molar-refractivity contribution in [2.75, 3.05) is 13.2 Å². The molecule has 20 heavy (non-hydrogen) atoms. The quantitative estimate of drug-likeness (QED) is 0.866. The highest BCUT2D eigenvalue weighted by molar-refractivity contribution is 9.10. The summed E-state index contributed by atoms with van der Waals surface area (Å²) in [5.74, 6) is -0.0493. The van der Waals surface area contributed by atoms with E-state index in [1.807, 2.05) is 22.9 Å². The zero-order valence-electron chi connectivity index (χ0n) is 10.6. The summed E-state index contributed by atoms with van der Waals surface area (Å²) in [4.78, 5) is 16.4. The van der Waals surface area contributed by atoms with Gasteiger partial charge >= 0.3 is 0 Å². The van der Waals surface area contributed by atoms with Gasteiger partial charge < -0.3 is 14.6 Å². The lowest BCUT2D eigenvalue weighted by atomic mass is 9.95. The fourth-order valence-electron chi connectivity index (χ4n) is 2.80. The summed E-state index contributed by atoms with van der Waals surface area (Å²) in [6, 6.07) is 3.87. The number of rotatable bonds is 1. The smallest absolute Gasteiger partial charge is 0.269 e. The molecule has 0 aromatic carbocycles. The predicted octanol–water partition coefficient (Wildman–Crippen LogP) is 1.82. The lowest BCUT2D eigenvalue weighted by molar-refractivity contribution is -0.0810. The number of aromatic nitrogens is 2. The molecule has 2 aromatic heterocycles. The van der Waals surface area contributed by atoms with Crippen LogP contribution in [0.3, 0.4) is 0 Å². The van der Waals surface area contributed by atoms with Crippen LogP contribution < -0.4 is 5.32 Å². The number of hydrogen-bond donors (Lipinski definition) is 1. The molecule has 1 saturated heterocycles. The molecule has 0 saturated carbocycles. The minimum absolute atomic E-state index is 0.0493. The van der Waals surface area contributed by atoms with Crippen LogP contribution >= 0.6 is 15.9 Å². The molecule has 0 radical (unpaired) electrons. The van der Waals surface area contributed by atoms with Crippen molar-refractivity contribution in [1.29, 1.82) is 0 Å². The molecule has 0 bridgehead atoms. The number of hydrogen-bond acceptors (Lipinski definition) is 3. The van der Waals surface area contributed by atoms with Crippen molar-refractivity contribution >= 4 is 21.8 Å². The molecular weight excluding hydrogens is 322 g/mol. The van der Waals surface area contributed by atoms with E-state index in [2.05, 4.69) is 26.2 Å². The minimum Gasteiger partial charge on any atom is -0.376 e. The number of nitrogens with zero attached hydrogens (tertiary/aromatic N) is 2. The van der Waals surface area contributed by atoms with E-state index in [0.717, 1.165) is 22.1 Å². The SMILES string of the molecule is O=C1NC2(COC2)Cn2cc(-c3ccncc3)c(Br)c21. The Morgan fingerprint density at radius 1 is 1.35 bits per heavy atom. The van der Waals surface area contributed by atoms with Gasteiger partial charge in [0, 0.05) is 24.2 Å². The van der Waals surface area contributed by atoms with Gasteiger partial charge in [0.2, 0.25) is 0 Å². The molecule has 4 rings (SSSR count). The first kappa shape index (κ1) is 12.1. The van der Waals surface area contributed by atoms with Crippen LogP contribution in [0.1, 0.15) is 10.5 Å². The molecule has 0 atom stereocenters. The zero-order chi connectivity index (χ0) is 13.7. The van der Waals surface area contributed by atoms with Crippen molar-refractivity contribution in [3.8, 4) is 11.1 Å². The Labute approximate surface area is 124 Å². The van der Waals surface area contributed by atoms with E-state index >= 15 is 0 Å². The third kappa shape index (κ3) is 1.65. The highest BCUT2D eigenvalue weighted by Gasteiger charge is 2.45. The van der Waals surface area contributed by atoms with E-state index in [9.17, 15) is 4.79 Å². The van der Waals surface area contributed by atoms with E-state index in [4.69, 9.17) is 4.74 Å². The van der Waals surface area contributed by atoms with Gasteiger partial charge in [-0.25, -0.2) is 0 Å². The molecular formula is C14H12BrN3O2. The molecule has 1 spiro atoms. The van der Waals surface area contributed by atoms with Crippen LogP contribution in [0.25, 0.3) is 11.1 Å². The molecule has 5 nitrogen and oxygen atoms in total. The van der Waals surface area contributed by atoms with Crippen LogP contribution in [0.4, 0.5) is 0 Å². The lowest BCUT2D eigenvalue weighted by Crippen LogP contribution is -2.67. The third-order valence-corrected chi connectivity index (χ3v) is 4.63. The molecule has 102 valence electrons. The van der Waals surface area contributed by atoms with Crippen molar-refractivity contribution in [3.05, 3.63) is 40.9 Å². The third-order valence-electron chi connectivity index (χ3n) is 3.83. The standard InChI is InChI=1S/C14H12BrN3O2/c15-11-10(9-1-3-16-4-2-9)5-18-6-14(7-20-8-14)17-13(19)12(11)18/h1-5H,6-8H2,(H,17,19). The normalized spacial score (nSPS) is 19.4. The van der Waals surface area contributed by atoms with Gasteiger partial charge in [0.25, 0.3) is 5.91 Å². The summed E-state index contributed by atoms with van der Waals surface area (Å²) in [6.45, 7) is 1.91. The number of carbonyl (C=O) groups is 1. The molecule has 1 amide bonds. The van der Waals surface area contributed by atoms with E-state index in [-0.39, 0.29) is 11.4 Å². The molecule has 2 aromatic rings. The van der Waals surface area contributed by atoms with Gasteiger partial charge in [-0.05, 0) is 33.6 Å². The molecule has 0 aliphatic carbocycles. The fraction of sp³-hybridized carbons (Fsp3) is 0.286. The Morgan fingerprint density at radius 3 is 2.75 bits per heavy atom. The number of fused-ring (bicyclic) bond motifs is 1. The number of pyridine rings is 1. The number of carbonyl (C=O) groups excluding carboxylic acids is 1. The Hall–Kier alpha value is -1.66. The molecule has 6 heteroatoms. The maximum absolute atomic E-state index is 12.3. The van der Waals surface area contributed by atoms with Crippen molar-refractivity contribution in [2.24, 2.45) is 0 Å². The lowest BCUT2D eigenvalue weighted by Gasteiger charge is -2.45. The summed E-state index contributed by atoms with van der Waals surface area (Å²) in [5, 5.41) is 3.06. The number of amides is 1. The Balaban J connectivity index is 1.82. The predicted molar refractivity (Wildman–Crippen MR) is 76.4 cm³/mol. The Kier molecular flexibility index (Phi) is 2.52. The first-order valence-electron chi connectivity index (χ1n) is 6.38. The maximum Gasteiger partial charge on any atom is 0.269 e. The largest absolute Gasteiger partial charge is 0.376 e. The van der Waals surface area contributed by atoms with Crippen molar-refractivity contribution in [1.82, 2.24) is 14.9 Å². The second-order valence-corrected chi connectivity index (χ2v) is 6.09. The molecule has 1 fully saturated rings. The van der Waals surface area contributed by atoms with Gasteiger partial charge in [-0.3, -0.25) is 9.78 Å². The highest BCUT2D eigenvalue weighted by atomic mass is 79.9. The molecule has 0 unspecified atom stereocenters. The average Bonchev–Trinajstić information content (AvgIpc) is 2.75. The van der Waals surface area contributed by atoms with Gasteiger partial charge in [-0.1, -0.05) is 0 Å². The van der Waals surface area contributed by atoms with Gasteiger partial charge in [0.1, 0.15) is 11.2 Å². The number of ether oxygens (including phenoxy) is 1. The van der Waals surface area contributed by atoms with E-state index in [1.165, 1.54) is 0 Å². The van der Waals surface area contributed by atoms with E-state index < -0.39 is 0 Å². The molecule has 2 aliphatic heterocycles. The summed E-state index contributed by atoms with van der Waals surface area (Å²) in [7, 11) is 0. The van der Waals surface area contributed by atoms with Crippen LogP contribution in [0.5, 0.6) is 0 Å². The van der Waals surface area contributed by atoms with Crippen LogP contribution in [-0.4, -0.2) is 34.2 Å². The van der Waals surface area contributed by atoms with Crippen LogP contribution in [0.2, 0.25) is 0 Å². The van der Waals surface area contributed by atoms with Gasteiger partial charge in [0.05, 0.1) is 24.2 Å². The monoisotopic (exact) mass is 333 g/mol. The first-order chi connectivity index (χ1) is 9.69. The topological polar surface area (TPSA) is 56.1 Å². The van der Waals surface area contributed by atoms with Gasteiger partial charge in [0.15, 0.2) is 0 Å². The van der Waals surface area contributed by atoms with Crippen molar-refractivity contribution in [2.45, 2.75) is 12.1 Å². The molecule has 1 N–H and O–H groups in total. The summed E-state index contributed by atoms with van der Waals surface area (Å²) in [6.07, 6.45) is 5.52. The highest BCUT2D eigenvalue weighted by Crippen LogP contribution is 2.36. The van der Waals surface area contributed by atoms with Crippen molar-refractivity contribution < 1.29 is 9.53 Å². The second kappa shape index (κ2) is 4.17. The maximum atomic E-state index is 12.3. The van der Waals surface area contributed by atoms with E-state index in [0.29, 0.717) is 18.9 Å². The summed E-state index contributed by atoms with van der Waals surface area (Å²) >= 11 is 3.56. The fourth-order valence-corrected chi connectivity index (χ4v) is 3.53. The van der Waals surface area contributed by atoms with Crippen LogP contribution in [0.15, 0.2) is 35.2 Å². The minimum atomic E-state index is -0.224.